The molecule has 1 N–H and O–H groups in total. The number of para-hydroxylation sites is 1. The van der Waals surface area contributed by atoms with E-state index < -0.39 is 0 Å². The monoisotopic (exact) mass is 505 g/mol. The van der Waals surface area contributed by atoms with Crippen LogP contribution in [0, 0.1) is 5.92 Å². The van der Waals surface area contributed by atoms with Crippen molar-refractivity contribution < 1.29 is 19.1 Å². The van der Waals surface area contributed by atoms with Gasteiger partial charge in [-0.15, -0.1) is 5.10 Å². The predicted octanol–water partition coefficient (Wildman–Crippen LogP) is 1.53. The van der Waals surface area contributed by atoms with Crippen molar-refractivity contribution in [3.63, 3.8) is 0 Å². The van der Waals surface area contributed by atoms with Crippen molar-refractivity contribution in [1.82, 2.24) is 35.1 Å². The third-order valence-electron chi connectivity index (χ3n) is 6.89. The summed E-state index contributed by atoms with van der Waals surface area (Å²) in [6.07, 6.45) is 5.80. The van der Waals surface area contributed by atoms with Gasteiger partial charge in [-0.1, -0.05) is 11.3 Å². The van der Waals surface area contributed by atoms with E-state index in [-0.39, 0.29) is 30.4 Å². The molecule has 0 unspecified atom stereocenters. The van der Waals surface area contributed by atoms with Crippen molar-refractivity contribution in [3.05, 3.63) is 65.7 Å². The molecule has 1 saturated heterocycles. The zero-order valence-corrected chi connectivity index (χ0v) is 21.0. The second kappa shape index (κ2) is 11.0. The molecule has 1 aromatic carbocycles. The minimum absolute atomic E-state index is 0.00665. The average molecular weight is 506 g/mol. The van der Waals surface area contributed by atoms with Gasteiger partial charge in [-0.25, -0.2) is 4.68 Å². The molecule has 5 rings (SSSR count). The molecule has 0 saturated carbocycles. The fourth-order valence-corrected chi connectivity index (χ4v) is 4.98. The molecule has 194 valence electrons. The maximum Gasteiger partial charge on any atom is 0.257 e. The number of nitrogens with zero attached hydrogens (tertiary/aromatic N) is 6. The highest BCUT2D eigenvalue weighted by Crippen LogP contribution is 2.34. The third kappa shape index (κ3) is 5.56. The van der Waals surface area contributed by atoms with E-state index in [1.54, 1.807) is 42.5 Å². The Kier molecular flexibility index (Phi) is 7.31. The largest absolute Gasteiger partial charge is 0.493 e. The Morgan fingerprint density at radius 3 is 2.81 bits per heavy atom. The van der Waals surface area contributed by atoms with Gasteiger partial charge in [0.05, 0.1) is 24.9 Å². The summed E-state index contributed by atoms with van der Waals surface area (Å²) in [6.45, 7) is 3.12. The highest BCUT2D eigenvalue weighted by molar-refractivity contribution is 5.97. The van der Waals surface area contributed by atoms with Gasteiger partial charge in [-0.05, 0) is 29.8 Å². The number of rotatable bonds is 3. The standard InChI is InChI=1S/C26H31N7O4/c1-31-11-10-28-24(34)12-19-14-32(13-18-6-8-27-9-7-18)16-22(19)33-15-20(29-30-33)17-37-25-21(26(31)35)4-3-5-23(25)36-2/h3-9,15,19,22H,10-14,16-17H2,1-2H3,(H,28,34)/t19-,22+/m0/s1. The number of hydrogen-bond acceptors (Lipinski definition) is 8. The molecule has 2 aromatic heterocycles. The van der Waals surface area contributed by atoms with Crippen LogP contribution in [0.5, 0.6) is 11.5 Å². The zero-order chi connectivity index (χ0) is 25.8. The predicted molar refractivity (Wildman–Crippen MR) is 134 cm³/mol. The van der Waals surface area contributed by atoms with E-state index in [1.807, 2.05) is 23.0 Å². The first-order valence-corrected chi connectivity index (χ1v) is 12.4. The molecular formula is C26H31N7O4. The topological polar surface area (TPSA) is 115 Å². The number of aromatic nitrogens is 4. The lowest BCUT2D eigenvalue weighted by Gasteiger charge is -2.21. The summed E-state index contributed by atoms with van der Waals surface area (Å²) in [6, 6.07) is 9.21. The van der Waals surface area contributed by atoms with Crippen molar-refractivity contribution in [2.45, 2.75) is 25.6 Å². The zero-order valence-electron chi connectivity index (χ0n) is 21.0. The number of likely N-dealkylation sites (N-methyl/N-ethyl adjacent to an activating group) is 1. The van der Waals surface area contributed by atoms with Crippen LogP contribution in [0.15, 0.2) is 48.9 Å². The van der Waals surface area contributed by atoms with Gasteiger partial charge < -0.3 is 19.7 Å². The Morgan fingerprint density at radius 1 is 1.16 bits per heavy atom. The van der Waals surface area contributed by atoms with Crippen LogP contribution in [0.1, 0.15) is 34.1 Å². The number of amides is 2. The second-order valence-electron chi connectivity index (χ2n) is 9.47. The average Bonchev–Trinajstić information content (AvgIpc) is 3.53. The number of methoxy groups -OCH3 is 1. The molecule has 11 heteroatoms. The first kappa shape index (κ1) is 24.7. The lowest BCUT2D eigenvalue weighted by Crippen LogP contribution is -2.37. The van der Waals surface area contributed by atoms with Crippen LogP contribution < -0.4 is 14.8 Å². The number of likely N-dealkylation sites (tertiary alicyclic amines) is 1. The quantitative estimate of drug-likeness (QED) is 0.570. The molecular weight excluding hydrogens is 474 g/mol. The van der Waals surface area contributed by atoms with Crippen LogP contribution in [0.4, 0.5) is 0 Å². The smallest absolute Gasteiger partial charge is 0.257 e. The number of carbonyl (C=O) groups is 2. The van der Waals surface area contributed by atoms with E-state index in [0.717, 1.165) is 19.6 Å². The van der Waals surface area contributed by atoms with Crippen molar-refractivity contribution in [1.29, 1.82) is 0 Å². The summed E-state index contributed by atoms with van der Waals surface area (Å²) in [5.41, 5.74) is 2.18. The molecule has 37 heavy (non-hydrogen) atoms. The summed E-state index contributed by atoms with van der Waals surface area (Å²) in [4.78, 5) is 34.1. The Hall–Kier alpha value is -3.99. The first-order valence-electron chi connectivity index (χ1n) is 12.4. The van der Waals surface area contributed by atoms with Gasteiger partial charge in [-0.2, -0.15) is 0 Å². The maximum absolute atomic E-state index is 13.2. The summed E-state index contributed by atoms with van der Waals surface area (Å²) >= 11 is 0. The van der Waals surface area contributed by atoms with E-state index in [0.29, 0.717) is 42.3 Å². The minimum Gasteiger partial charge on any atom is -0.493 e. The first-order chi connectivity index (χ1) is 18.0. The van der Waals surface area contributed by atoms with Gasteiger partial charge in [0, 0.05) is 64.5 Å². The highest BCUT2D eigenvalue weighted by Gasteiger charge is 2.36. The number of fused-ring (bicyclic) bond motifs is 5. The second-order valence-corrected chi connectivity index (χ2v) is 9.47. The molecule has 0 radical (unpaired) electrons. The fraction of sp³-hybridized carbons (Fsp3) is 0.423. The fourth-order valence-electron chi connectivity index (χ4n) is 4.98. The number of hydrogen-bond donors (Lipinski definition) is 1. The molecule has 2 amide bonds. The molecule has 0 spiro atoms. The Bertz CT molecular complexity index is 1250. The van der Waals surface area contributed by atoms with Crippen molar-refractivity contribution >= 4 is 11.8 Å². The van der Waals surface area contributed by atoms with Crippen molar-refractivity contribution in [2.75, 3.05) is 40.3 Å². The van der Waals surface area contributed by atoms with E-state index in [1.165, 1.54) is 12.7 Å². The molecule has 3 aromatic rings. The Labute approximate surface area is 215 Å². The van der Waals surface area contributed by atoms with Crippen molar-refractivity contribution in [2.24, 2.45) is 5.92 Å². The van der Waals surface area contributed by atoms with Crippen LogP contribution in [0.3, 0.4) is 0 Å². The molecule has 4 heterocycles. The van der Waals surface area contributed by atoms with Gasteiger partial charge in [0.25, 0.3) is 5.91 Å². The molecule has 1 fully saturated rings. The Morgan fingerprint density at radius 2 is 2.00 bits per heavy atom. The van der Waals surface area contributed by atoms with Crippen LogP contribution >= 0.6 is 0 Å². The highest BCUT2D eigenvalue weighted by atomic mass is 16.5. The third-order valence-corrected chi connectivity index (χ3v) is 6.89. The van der Waals surface area contributed by atoms with Gasteiger partial charge in [0.1, 0.15) is 12.3 Å². The normalized spacial score (nSPS) is 21.1. The number of ether oxygens (including phenoxy) is 2. The lowest BCUT2D eigenvalue weighted by molar-refractivity contribution is -0.122. The van der Waals surface area contributed by atoms with Crippen LogP contribution in [0.2, 0.25) is 0 Å². The molecule has 2 aliphatic heterocycles. The summed E-state index contributed by atoms with van der Waals surface area (Å²) in [7, 11) is 3.24. The summed E-state index contributed by atoms with van der Waals surface area (Å²) < 4.78 is 13.4. The number of nitrogens with one attached hydrogen (secondary N) is 1. The number of pyridine rings is 1. The molecule has 2 aliphatic rings. The van der Waals surface area contributed by atoms with E-state index in [4.69, 9.17) is 9.47 Å². The molecule has 2 bridgehead atoms. The molecule has 0 aliphatic carbocycles. The van der Waals surface area contributed by atoms with E-state index in [9.17, 15) is 9.59 Å². The Balaban J connectivity index is 1.42. The molecule has 11 nitrogen and oxygen atoms in total. The summed E-state index contributed by atoms with van der Waals surface area (Å²) in [5, 5.41) is 11.7. The van der Waals surface area contributed by atoms with Gasteiger partial charge in [0.2, 0.25) is 5.91 Å². The van der Waals surface area contributed by atoms with Gasteiger partial charge >= 0.3 is 0 Å². The lowest BCUT2D eigenvalue weighted by atomic mass is 9.99. The number of benzene rings is 1. The molecule has 2 atom stereocenters. The van der Waals surface area contributed by atoms with Crippen LogP contribution in [-0.2, 0) is 17.9 Å². The van der Waals surface area contributed by atoms with E-state index >= 15 is 0 Å². The summed E-state index contributed by atoms with van der Waals surface area (Å²) in [5.74, 6) is 0.616. The van der Waals surface area contributed by atoms with Gasteiger partial charge in [0.15, 0.2) is 11.5 Å². The van der Waals surface area contributed by atoms with Crippen molar-refractivity contribution in [3.8, 4) is 11.5 Å². The van der Waals surface area contributed by atoms with Gasteiger partial charge in [-0.3, -0.25) is 19.5 Å². The maximum atomic E-state index is 13.2. The van der Waals surface area contributed by atoms with E-state index in [2.05, 4.69) is 25.5 Å². The van der Waals surface area contributed by atoms with Crippen LogP contribution in [-0.4, -0.2) is 81.9 Å². The number of carbonyl (C=O) groups excluding carboxylic acids is 2. The minimum atomic E-state index is -0.221. The van der Waals surface area contributed by atoms with Crippen LogP contribution in [0.25, 0.3) is 0 Å². The SMILES string of the molecule is COc1cccc2c1OCc1cn(nn1)[C@@H]1CN(Cc3ccncc3)C[C@@H]1CC(=O)NCCN(C)C2=O.